The summed E-state index contributed by atoms with van der Waals surface area (Å²) in [6.07, 6.45) is 12.0. The first-order valence-corrected chi connectivity index (χ1v) is 7.28. The Morgan fingerprint density at radius 1 is 1.06 bits per heavy atom. The minimum Gasteiger partial charge on any atom is -0.0617 e. The maximum Gasteiger partial charge on any atom is -0.0162 e. The van der Waals surface area contributed by atoms with Crippen molar-refractivity contribution in [2.75, 3.05) is 0 Å². The van der Waals surface area contributed by atoms with Crippen molar-refractivity contribution < 1.29 is 0 Å². The summed E-state index contributed by atoms with van der Waals surface area (Å²) >= 11 is 0. The predicted molar refractivity (Wildman–Crippen MR) is 75.2 cm³/mol. The summed E-state index contributed by atoms with van der Waals surface area (Å²) in [4.78, 5) is 0. The molecule has 0 heterocycles. The van der Waals surface area contributed by atoms with Crippen LogP contribution in [-0.4, -0.2) is 0 Å². The van der Waals surface area contributed by atoms with Gasteiger partial charge in [-0.2, -0.15) is 0 Å². The van der Waals surface area contributed by atoms with E-state index in [0.29, 0.717) is 0 Å². The Morgan fingerprint density at radius 3 is 2.65 bits per heavy atom. The first-order chi connectivity index (χ1) is 8.40. The van der Waals surface area contributed by atoms with Gasteiger partial charge in [0.1, 0.15) is 0 Å². The van der Waals surface area contributed by atoms with Gasteiger partial charge >= 0.3 is 0 Å². The van der Waals surface area contributed by atoms with E-state index >= 15 is 0 Å². The zero-order valence-electron chi connectivity index (χ0n) is 11.0. The summed E-state index contributed by atoms with van der Waals surface area (Å²) in [6.45, 7) is 3.91. The fraction of sp³-hybridized carbons (Fsp3) is 0.588. The van der Waals surface area contributed by atoms with E-state index in [-0.39, 0.29) is 0 Å². The van der Waals surface area contributed by atoms with Gasteiger partial charge in [-0.3, -0.25) is 0 Å². The fourth-order valence-corrected chi connectivity index (χ4v) is 2.94. The second-order valence-corrected chi connectivity index (χ2v) is 5.39. The zero-order chi connectivity index (χ0) is 11.9. The van der Waals surface area contributed by atoms with Crippen molar-refractivity contribution in [3.63, 3.8) is 0 Å². The minimum absolute atomic E-state index is 0.844. The third-order valence-corrected chi connectivity index (χ3v) is 3.99. The smallest absolute Gasteiger partial charge is 0.0162 e. The van der Waals surface area contributed by atoms with Crippen LogP contribution in [0.1, 0.15) is 68.4 Å². The molecule has 1 aromatic rings. The van der Waals surface area contributed by atoms with Gasteiger partial charge in [0.25, 0.3) is 0 Å². The van der Waals surface area contributed by atoms with E-state index in [4.69, 9.17) is 0 Å². The molecule has 2 rings (SSSR count). The van der Waals surface area contributed by atoms with Crippen LogP contribution in [0, 0.1) is 6.92 Å². The van der Waals surface area contributed by atoms with Gasteiger partial charge in [0.2, 0.25) is 0 Å². The quantitative estimate of drug-likeness (QED) is 0.602. The van der Waals surface area contributed by atoms with Crippen LogP contribution in [0.3, 0.4) is 0 Å². The molecule has 0 atom stereocenters. The molecule has 1 saturated carbocycles. The molecule has 0 nitrogen and oxygen atoms in total. The molecular weight excluding hydrogens is 204 g/mol. The summed E-state index contributed by atoms with van der Waals surface area (Å²) in [5.41, 5.74) is 3.12. The van der Waals surface area contributed by atoms with Crippen LogP contribution < -0.4 is 0 Å². The van der Waals surface area contributed by atoms with E-state index in [2.05, 4.69) is 31.2 Å². The third kappa shape index (κ3) is 3.87. The SMILES string of the molecule is [CH2]CCCCc1cccc(C2CCCCC2)c1. The number of aryl methyl sites for hydroxylation is 1. The molecule has 0 saturated heterocycles. The van der Waals surface area contributed by atoms with Crippen LogP contribution in [0.5, 0.6) is 0 Å². The van der Waals surface area contributed by atoms with Crippen LogP contribution in [0.25, 0.3) is 0 Å². The van der Waals surface area contributed by atoms with Gasteiger partial charge in [0.15, 0.2) is 0 Å². The lowest BCUT2D eigenvalue weighted by molar-refractivity contribution is 0.443. The highest BCUT2D eigenvalue weighted by atomic mass is 14.2. The lowest BCUT2D eigenvalue weighted by atomic mass is 9.83. The van der Waals surface area contributed by atoms with Crippen LogP contribution >= 0.6 is 0 Å². The zero-order valence-corrected chi connectivity index (χ0v) is 11.0. The molecule has 0 aromatic heterocycles. The number of rotatable bonds is 5. The average Bonchev–Trinajstić information content (AvgIpc) is 2.41. The minimum atomic E-state index is 0.844. The molecule has 0 amide bonds. The Hall–Kier alpha value is -0.780. The van der Waals surface area contributed by atoms with Gasteiger partial charge in [0, 0.05) is 0 Å². The molecule has 0 N–H and O–H groups in total. The molecule has 1 radical (unpaired) electrons. The summed E-state index contributed by atoms with van der Waals surface area (Å²) in [5, 5.41) is 0. The Balaban J connectivity index is 1.95. The van der Waals surface area contributed by atoms with Gasteiger partial charge in [-0.05, 0) is 42.7 Å². The van der Waals surface area contributed by atoms with Crippen molar-refractivity contribution in [1.82, 2.24) is 0 Å². The van der Waals surface area contributed by atoms with E-state index in [1.54, 1.807) is 5.56 Å². The van der Waals surface area contributed by atoms with Crippen molar-refractivity contribution >= 4 is 0 Å². The molecule has 93 valence electrons. The molecular formula is C17H25. The van der Waals surface area contributed by atoms with Crippen LogP contribution in [-0.2, 0) is 6.42 Å². The van der Waals surface area contributed by atoms with E-state index < -0.39 is 0 Å². The molecule has 1 fully saturated rings. The van der Waals surface area contributed by atoms with E-state index in [0.717, 1.165) is 12.3 Å². The first-order valence-electron chi connectivity index (χ1n) is 7.28. The summed E-state index contributed by atoms with van der Waals surface area (Å²) < 4.78 is 0. The molecule has 1 aromatic carbocycles. The van der Waals surface area contributed by atoms with Gasteiger partial charge < -0.3 is 0 Å². The number of hydrogen-bond acceptors (Lipinski definition) is 0. The van der Waals surface area contributed by atoms with Crippen LogP contribution in [0.2, 0.25) is 0 Å². The third-order valence-electron chi connectivity index (χ3n) is 3.99. The summed E-state index contributed by atoms with van der Waals surface area (Å²) in [7, 11) is 0. The first kappa shape index (κ1) is 12.7. The Bertz CT molecular complexity index is 321. The topological polar surface area (TPSA) is 0 Å². The maximum atomic E-state index is 3.91. The lowest BCUT2D eigenvalue weighted by Gasteiger charge is -2.22. The molecule has 1 aliphatic rings. The second kappa shape index (κ2) is 6.83. The van der Waals surface area contributed by atoms with Crippen molar-refractivity contribution in [2.45, 2.75) is 63.7 Å². The van der Waals surface area contributed by atoms with Crippen molar-refractivity contribution in [3.05, 3.63) is 42.3 Å². The van der Waals surface area contributed by atoms with Gasteiger partial charge in [-0.15, -0.1) is 0 Å². The Kier molecular flexibility index (Phi) is 5.09. The van der Waals surface area contributed by atoms with Crippen molar-refractivity contribution in [2.24, 2.45) is 0 Å². The van der Waals surface area contributed by atoms with Crippen LogP contribution in [0.15, 0.2) is 24.3 Å². The standard InChI is InChI=1S/C17H25/c1-2-3-5-9-15-10-8-13-17(14-15)16-11-6-4-7-12-16/h8,10,13-14,16H,1-7,9,11-12H2. The van der Waals surface area contributed by atoms with E-state index in [1.165, 1.54) is 56.9 Å². The second-order valence-electron chi connectivity index (χ2n) is 5.39. The van der Waals surface area contributed by atoms with Gasteiger partial charge in [0.05, 0.1) is 0 Å². The normalized spacial score (nSPS) is 17.2. The fourth-order valence-electron chi connectivity index (χ4n) is 2.94. The average molecular weight is 229 g/mol. The Labute approximate surface area is 106 Å². The monoisotopic (exact) mass is 229 g/mol. The molecule has 0 unspecified atom stereocenters. The highest BCUT2D eigenvalue weighted by Gasteiger charge is 2.15. The lowest BCUT2D eigenvalue weighted by Crippen LogP contribution is -2.04. The van der Waals surface area contributed by atoms with Gasteiger partial charge in [-0.1, -0.05) is 63.3 Å². The molecule has 0 spiro atoms. The summed E-state index contributed by atoms with van der Waals surface area (Å²) in [6, 6.07) is 9.33. The largest absolute Gasteiger partial charge is 0.0617 e. The highest BCUT2D eigenvalue weighted by Crippen LogP contribution is 2.32. The van der Waals surface area contributed by atoms with Crippen LogP contribution in [0.4, 0.5) is 0 Å². The number of unbranched alkanes of at least 4 members (excludes halogenated alkanes) is 2. The van der Waals surface area contributed by atoms with E-state index in [1.807, 2.05) is 0 Å². The van der Waals surface area contributed by atoms with Gasteiger partial charge in [-0.25, -0.2) is 0 Å². The van der Waals surface area contributed by atoms with Crippen molar-refractivity contribution in [3.8, 4) is 0 Å². The van der Waals surface area contributed by atoms with Crippen molar-refractivity contribution in [1.29, 1.82) is 0 Å². The molecule has 0 heteroatoms. The highest BCUT2D eigenvalue weighted by molar-refractivity contribution is 5.26. The van der Waals surface area contributed by atoms with E-state index in [9.17, 15) is 0 Å². The Morgan fingerprint density at radius 2 is 1.88 bits per heavy atom. The summed E-state index contributed by atoms with van der Waals surface area (Å²) in [5.74, 6) is 0.844. The maximum absolute atomic E-state index is 3.91. The molecule has 17 heavy (non-hydrogen) atoms. The predicted octanol–water partition coefficient (Wildman–Crippen LogP) is 5.28. The number of benzene rings is 1. The number of hydrogen-bond donors (Lipinski definition) is 0. The molecule has 1 aliphatic carbocycles. The molecule has 0 bridgehead atoms. The molecule has 0 aliphatic heterocycles.